The Kier molecular flexibility index (Phi) is 6.09. The fraction of sp³-hybridized carbons (Fsp3) is 0.100. The van der Waals surface area contributed by atoms with Crippen molar-refractivity contribution in [3.05, 3.63) is 82.9 Å². The van der Waals surface area contributed by atoms with Crippen LogP contribution in [0.15, 0.2) is 71.8 Å². The quantitative estimate of drug-likeness (QED) is 0.497. The van der Waals surface area contributed by atoms with Gasteiger partial charge in [-0.1, -0.05) is 66.2 Å². The highest BCUT2D eigenvalue weighted by molar-refractivity contribution is 7.99. The zero-order valence-corrected chi connectivity index (χ0v) is 15.1. The first-order chi connectivity index (χ1) is 12.2. The molecule has 0 aromatic heterocycles. The second-order valence-corrected chi connectivity index (χ2v) is 6.94. The third-order valence-corrected chi connectivity index (χ3v) is 4.84. The first kappa shape index (κ1) is 17.5. The van der Waals surface area contributed by atoms with Gasteiger partial charge in [-0.3, -0.25) is 4.79 Å². The van der Waals surface area contributed by atoms with Gasteiger partial charge in [0.25, 0.3) is 0 Å². The van der Waals surface area contributed by atoms with Crippen molar-refractivity contribution in [2.45, 2.75) is 5.75 Å². The number of nitrogens with zero attached hydrogens (tertiary/aromatic N) is 1. The summed E-state index contributed by atoms with van der Waals surface area (Å²) in [7, 11) is 0. The van der Waals surface area contributed by atoms with Crippen molar-refractivity contribution in [1.82, 2.24) is 5.43 Å². The van der Waals surface area contributed by atoms with E-state index in [1.807, 2.05) is 24.3 Å². The van der Waals surface area contributed by atoms with Gasteiger partial charge in [-0.05, 0) is 34.0 Å². The van der Waals surface area contributed by atoms with E-state index in [0.29, 0.717) is 10.8 Å². The maximum Gasteiger partial charge on any atom is 0.250 e. The van der Waals surface area contributed by atoms with Crippen LogP contribution in [0.3, 0.4) is 0 Å². The molecule has 126 valence electrons. The molecule has 0 bridgehead atoms. The summed E-state index contributed by atoms with van der Waals surface area (Å²) in [5.41, 5.74) is 4.63. The van der Waals surface area contributed by atoms with E-state index in [0.717, 1.165) is 11.3 Å². The molecule has 0 spiro atoms. The monoisotopic (exact) mass is 368 g/mol. The molecule has 0 aliphatic carbocycles. The van der Waals surface area contributed by atoms with E-state index in [9.17, 15) is 4.79 Å². The lowest BCUT2D eigenvalue weighted by Gasteiger charge is -2.04. The number of benzene rings is 3. The molecule has 0 atom stereocenters. The van der Waals surface area contributed by atoms with E-state index in [4.69, 9.17) is 11.6 Å². The van der Waals surface area contributed by atoms with Crippen molar-refractivity contribution >= 4 is 46.3 Å². The average molecular weight is 369 g/mol. The smallest absolute Gasteiger partial charge is 0.250 e. The second-order valence-electron chi connectivity index (χ2n) is 5.52. The Morgan fingerprint density at radius 2 is 1.80 bits per heavy atom. The zero-order chi connectivity index (χ0) is 17.5. The molecule has 0 aliphatic rings. The fourth-order valence-electron chi connectivity index (χ4n) is 2.35. The van der Waals surface area contributed by atoms with Gasteiger partial charge in [0.1, 0.15) is 0 Å². The number of amides is 1. The lowest BCUT2D eigenvalue weighted by molar-refractivity contribution is -0.118. The summed E-state index contributed by atoms with van der Waals surface area (Å²) in [5.74, 6) is 1.04. The summed E-state index contributed by atoms with van der Waals surface area (Å²) in [6.45, 7) is 0. The van der Waals surface area contributed by atoms with Crippen LogP contribution in [-0.2, 0) is 10.5 Å². The predicted molar refractivity (Wildman–Crippen MR) is 107 cm³/mol. The molecule has 1 amide bonds. The molecule has 0 heterocycles. The van der Waals surface area contributed by atoms with Gasteiger partial charge in [0.05, 0.1) is 12.0 Å². The van der Waals surface area contributed by atoms with Crippen LogP contribution in [0.4, 0.5) is 0 Å². The number of hydrazone groups is 1. The highest BCUT2D eigenvalue weighted by Crippen LogP contribution is 2.19. The van der Waals surface area contributed by atoms with Crippen molar-refractivity contribution < 1.29 is 4.79 Å². The third-order valence-electron chi connectivity index (χ3n) is 3.59. The highest BCUT2D eigenvalue weighted by Gasteiger charge is 2.02. The van der Waals surface area contributed by atoms with Crippen molar-refractivity contribution in [3.63, 3.8) is 0 Å². The Morgan fingerprint density at radius 3 is 2.60 bits per heavy atom. The van der Waals surface area contributed by atoms with E-state index in [-0.39, 0.29) is 5.91 Å². The van der Waals surface area contributed by atoms with Gasteiger partial charge in [-0.2, -0.15) is 5.10 Å². The molecule has 5 heteroatoms. The molecule has 0 aliphatic heterocycles. The van der Waals surface area contributed by atoms with E-state index in [1.54, 1.807) is 30.1 Å². The van der Waals surface area contributed by atoms with E-state index < -0.39 is 0 Å². The van der Waals surface area contributed by atoms with Crippen LogP contribution in [-0.4, -0.2) is 17.9 Å². The van der Waals surface area contributed by atoms with Crippen molar-refractivity contribution in [1.29, 1.82) is 0 Å². The number of carbonyl (C=O) groups excluding carboxylic acids is 1. The molecule has 3 nitrogen and oxygen atoms in total. The predicted octanol–water partition coefficient (Wildman–Crippen LogP) is 4.88. The SMILES string of the molecule is O=C(CSCc1ccc2ccccc2c1)N/N=C\c1ccc(Cl)cc1. The summed E-state index contributed by atoms with van der Waals surface area (Å²) >= 11 is 7.39. The third kappa shape index (κ3) is 5.34. The normalized spacial score (nSPS) is 11.1. The van der Waals surface area contributed by atoms with Crippen molar-refractivity contribution in [2.24, 2.45) is 5.10 Å². The van der Waals surface area contributed by atoms with Crippen LogP contribution in [0.2, 0.25) is 5.02 Å². The first-order valence-corrected chi connectivity index (χ1v) is 9.37. The molecular weight excluding hydrogens is 352 g/mol. The lowest BCUT2D eigenvalue weighted by Crippen LogP contribution is -2.19. The lowest BCUT2D eigenvalue weighted by atomic mass is 10.1. The van der Waals surface area contributed by atoms with Crippen LogP contribution in [0.25, 0.3) is 10.8 Å². The standard InChI is InChI=1S/C20H17ClN2OS/c21-19-9-6-15(7-10-19)12-22-23-20(24)14-25-13-16-5-8-17-3-1-2-4-18(17)11-16/h1-12H,13-14H2,(H,23,24)/b22-12-. The minimum absolute atomic E-state index is 0.115. The molecule has 1 N–H and O–H groups in total. The van der Waals surface area contributed by atoms with E-state index in [2.05, 4.69) is 40.9 Å². The number of thioether (sulfide) groups is 1. The Hall–Kier alpha value is -2.30. The van der Waals surface area contributed by atoms with Gasteiger partial charge >= 0.3 is 0 Å². The number of nitrogens with one attached hydrogen (secondary N) is 1. The second kappa shape index (κ2) is 8.70. The number of hydrogen-bond acceptors (Lipinski definition) is 3. The van der Waals surface area contributed by atoms with Crippen LogP contribution < -0.4 is 5.43 Å². The van der Waals surface area contributed by atoms with Gasteiger partial charge < -0.3 is 0 Å². The van der Waals surface area contributed by atoms with E-state index >= 15 is 0 Å². The molecule has 0 saturated heterocycles. The number of carbonyl (C=O) groups is 1. The highest BCUT2D eigenvalue weighted by atomic mass is 35.5. The summed E-state index contributed by atoms with van der Waals surface area (Å²) in [5, 5.41) is 7.08. The van der Waals surface area contributed by atoms with Gasteiger partial charge in [0.15, 0.2) is 0 Å². The topological polar surface area (TPSA) is 41.5 Å². The molecular formula is C20H17ClN2OS. The zero-order valence-electron chi connectivity index (χ0n) is 13.5. The van der Waals surface area contributed by atoms with Crippen molar-refractivity contribution in [2.75, 3.05) is 5.75 Å². The Labute approximate surface area is 156 Å². The van der Waals surface area contributed by atoms with Gasteiger partial charge in [-0.15, -0.1) is 11.8 Å². The van der Waals surface area contributed by atoms with Gasteiger partial charge in [0, 0.05) is 10.8 Å². The summed E-state index contributed by atoms with van der Waals surface area (Å²) < 4.78 is 0. The number of fused-ring (bicyclic) bond motifs is 1. The molecule has 25 heavy (non-hydrogen) atoms. The summed E-state index contributed by atoms with van der Waals surface area (Å²) in [4.78, 5) is 11.8. The average Bonchev–Trinajstić information content (AvgIpc) is 2.63. The van der Waals surface area contributed by atoms with Gasteiger partial charge in [0.2, 0.25) is 5.91 Å². The molecule has 0 fully saturated rings. The van der Waals surface area contributed by atoms with Gasteiger partial charge in [-0.25, -0.2) is 5.43 Å². The minimum atomic E-state index is -0.115. The first-order valence-electron chi connectivity index (χ1n) is 7.83. The Balaban J connectivity index is 1.44. The maximum absolute atomic E-state index is 11.8. The van der Waals surface area contributed by atoms with Crippen LogP contribution >= 0.6 is 23.4 Å². The molecule has 0 radical (unpaired) electrons. The minimum Gasteiger partial charge on any atom is -0.272 e. The van der Waals surface area contributed by atoms with Crippen LogP contribution in [0.1, 0.15) is 11.1 Å². The number of halogens is 1. The maximum atomic E-state index is 11.8. The molecule has 3 rings (SSSR count). The van der Waals surface area contributed by atoms with Crippen LogP contribution in [0, 0.1) is 0 Å². The molecule has 3 aromatic carbocycles. The summed E-state index contributed by atoms with van der Waals surface area (Å²) in [6, 6.07) is 21.9. The van der Waals surface area contributed by atoms with E-state index in [1.165, 1.54) is 16.3 Å². The molecule has 0 unspecified atom stereocenters. The van der Waals surface area contributed by atoms with Crippen molar-refractivity contribution in [3.8, 4) is 0 Å². The Morgan fingerprint density at radius 1 is 1.04 bits per heavy atom. The summed E-state index contributed by atoms with van der Waals surface area (Å²) in [6.07, 6.45) is 1.60. The fourth-order valence-corrected chi connectivity index (χ4v) is 3.24. The largest absolute Gasteiger partial charge is 0.272 e. The van der Waals surface area contributed by atoms with Crippen LogP contribution in [0.5, 0.6) is 0 Å². The number of rotatable bonds is 6. The molecule has 0 saturated carbocycles. The number of hydrogen-bond donors (Lipinski definition) is 1. The molecule has 3 aromatic rings. The Bertz CT molecular complexity index is 894.